The van der Waals surface area contributed by atoms with E-state index in [4.69, 9.17) is 28.9 Å². The quantitative estimate of drug-likeness (QED) is 0.843. The predicted molar refractivity (Wildman–Crippen MR) is 105 cm³/mol. The van der Waals surface area contributed by atoms with Crippen LogP contribution >= 0.6 is 23.2 Å². The molecule has 0 radical (unpaired) electrons. The first-order valence-electron chi connectivity index (χ1n) is 8.19. The number of nitrogens with zero attached hydrogens (tertiary/aromatic N) is 4. The number of likely N-dealkylation sites (tertiary alicyclic amines) is 1. The summed E-state index contributed by atoms with van der Waals surface area (Å²) < 4.78 is 0. The number of anilines is 4. The van der Waals surface area contributed by atoms with Crippen LogP contribution in [0, 0.1) is 0 Å². The maximum atomic E-state index is 6.34. The number of piperidine rings is 1. The third-order valence-corrected chi connectivity index (χ3v) is 5.16. The van der Waals surface area contributed by atoms with Crippen LogP contribution in [0.1, 0.15) is 12.8 Å². The molecule has 0 aliphatic carbocycles. The highest BCUT2D eigenvalue weighted by Crippen LogP contribution is 2.33. The summed E-state index contributed by atoms with van der Waals surface area (Å²) in [4.78, 5) is 13.1. The largest absolute Gasteiger partial charge is 0.393 e. The second-order valence-electron chi connectivity index (χ2n) is 6.35. The molecule has 0 unspecified atom stereocenters. The summed E-state index contributed by atoms with van der Waals surface area (Å²) in [7, 11) is 4.18. The molecule has 0 atom stereocenters. The third-order valence-electron chi connectivity index (χ3n) is 4.62. The minimum atomic E-state index is 0.417. The van der Waals surface area contributed by atoms with Crippen LogP contribution in [-0.2, 0) is 0 Å². The maximum absolute atomic E-state index is 6.34. The van der Waals surface area contributed by atoms with Gasteiger partial charge in [-0.2, -0.15) is 0 Å². The van der Waals surface area contributed by atoms with E-state index in [0.29, 0.717) is 33.3 Å². The van der Waals surface area contributed by atoms with E-state index in [1.807, 2.05) is 7.05 Å². The second kappa shape index (κ2) is 7.64. The van der Waals surface area contributed by atoms with Gasteiger partial charge in [0.25, 0.3) is 0 Å². The molecule has 1 aliphatic rings. The lowest BCUT2D eigenvalue weighted by Crippen LogP contribution is -2.42. The lowest BCUT2D eigenvalue weighted by atomic mass is 10.0. The van der Waals surface area contributed by atoms with Crippen molar-refractivity contribution in [1.82, 2.24) is 14.9 Å². The number of benzene rings is 1. The summed E-state index contributed by atoms with van der Waals surface area (Å²) in [5, 5.41) is 4.26. The zero-order valence-electron chi connectivity index (χ0n) is 14.3. The minimum absolute atomic E-state index is 0.417. The molecule has 0 amide bonds. The Balaban J connectivity index is 1.82. The van der Waals surface area contributed by atoms with Crippen LogP contribution in [-0.4, -0.2) is 48.1 Å². The van der Waals surface area contributed by atoms with Crippen molar-refractivity contribution in [2.24, 2.45) is 0 Å². The van der Waals surface area contributed by atoms with Crippen LogP contribution in [0.5, 0.6) is 0 Å². The number of nitrogen functional groups attached to an aromatic ring is 1. The van der Waals surface area contributed by atoms with Crippen LogP contribution in [0.25, 0.3) is 0 Å². The summed E-state index contributed by atoms with van der Waals surface area (Å²) in [6, 6.07) is 5.65. The van der Waals surface area contributed by atoms with E-state index in [1.165, 1.54) is 6.33 Å². The van der Waals surface area contributed by atoms with Gasteiger partial charge in [0.05, 0.1) is 10.7 Å². The SMILES string of the molecule is CN1CCC(N(C)c2ncnc(Nc3ccc(Cl)cc3Cl)c2N)CC1. The lowest BCUT2D eigenvalue weighted by Gasteiger charge is -2.36. The highest BCUT2D eigenvalue weighted by molar-refractivity contribution is 6.36. The summed E-state index contributed by atoms with van der Waals surface area (Å²) in [5.74, 6) is 1.27. The van der Waals surface area contributed by atoms with E-state index in [1.54, 1.807) is 18.2 Å². The Hall–Kier alpha value is -1.76. The van der Waals surface area contributed by atoms with Gasteiger partial charge in [-0.3, -0.25) is 0 Å². The van der Waals surface area contributed by atoms with Gasteiger partial charge in [0.1, 0.15) is 12.0 Å². The summed E-state index contributed by atoms with van der Waals surface area (Å²) in [6.45, 7) is 2.15. The molecule has 1 saturated heterocycles. The molecule has 8 heteroatoms. The van der Waals surface area contributed by atoms with Gasteiger partial charge in [-0.15, -0.1) is 0 Å². The number of rotatable bonds is 4. The second-order valence-corrected chi connectivity index (χ2v) is 7.20. The number of hydrogen-bond donors (Lipinski definition) is 2. The molecular weight excluding hydrogens is 359 g/mol. The minimum Gasteiger partial charge on any atom is -0.393 e. The molecule has 2 aromatic rings. The highest BCUT2D eigenvalue weighted by atomic mass is 35.5. The normalized spacial score (nSPS) is 16.0. The Kier molecular flexibility index (Phi) is 5.51. The van der Waals surface area contributed by atoms with Gasteiger partial charge in [0, 0.05) is 18.1 Å². The van der Waals surface area contributed by atoms with E-state index < -0.39 is 0 Å². The number of aromatic nitrogens is 2. The van der Waals surface area contributed by atoms with E-state index in [0.717, 1.165) is 31.7 Å². The van der Waals surface area contributed by atoms with Gasteiger partial charge in [-0.25, -0.2) is 9.97 Å². The van der Waals surface area contributed by atoms with Gasteiger partial charge < -0.3 is 20.9 Å². The zero-order chi connectivity index (χ0) is 18.0. The van der Waals surface area contributed by atoms with Crippen molar-refractivity contribution in [3.8, 4) is 0 Å². The number of nitrogens with one attached hydrogen (secondary N) is 1. The first-order chi connectivity index (χ1) is 12.0. The first kappa shape index (κ1) is 18.0. The monoisotopic (exact) mass is 380 g/mol. The third kappa shape index (κ3) is 4.08. The van der Waals surface area contributed by atoms with Crippen molar-refractivity contribution in [1.29, 1.82) is 0 Å². The van der Waals surface area contributed by atoms with E-state index in [2.05, 4.69) is 32.1 Å². The average Bonchev–Trinajstić information content (AvgIpc) is 2.59. The van der Waals surface area contributed by atoms with Crippen molar-refractivity contribution < 1.29 is 0 Å². The maximum Gasteiger partial charge on any atom is 0.159 e. The topological polar surface area (TPSA) is 70.3 Å². The van der Waals surface area contributed by atoms with Crippen molar-refractivity contribution in [2.45, 2.75) is 18.9 Å². The molecule has 1 aliphatic heterocycles. The van der Waals surface area contributed by atoms with Gasteiger partial charge in [-0.05, 0) is 51.2 Å². The fourth-order valence-corrected chi connectivity index (χ4v) is 3.50. The van der Waals surface area contributed by atoms with E-state index in [-0.39, 0.29) is 0 Å². The molecular formula is C17H22Cl2N6. The van der Waals surface area contributed by atoms with Crippen molar-refractivity contribution >= 4 is 46.2 Å². The van der Waals surface area contributed by atoms with Gasteiger partial charge in [0.2, 0.25) is 0 Å². The Morgan fingerprint density at radius 2 is 1.96 bits per heavy atom. The molecule has 0 bridgehead atoms. The van der Waals surface area contributed by atoms with Crippen LogP contribution in [0.4, 0.5) is 23.0 Å². The molecule has 1 aromatic heterocycles. The van der Waals surface area contributed by atoms with Crippen LogP contribution in [0.2, 0.25) is 10.0 Å². The number of hydrogen-bond acceptors (Lipinski definition) is 6. The highest BCUT2D eigenvalue weighted by Gasteiger charge is 2.24. The Bertz CT molecular complexity index is 746. The zero-order valence-corrected chi connectivity index (χ0v) is 15.8. The van der Waals surface area contributed by atoms with Gasteiger partial charge in [0.15, 0.2) is 11.6 Å². The Morgan fingerprint density at radius 3 is 2.64 bits per heavy atom. The van der Waals surface area contributed by atoms with E-state index >= 15 is 0 Å². The van der Waals surface area contributed by atoms with Gasteiger partial charge >= 0.3 is 0 Å². The van der Waals surface area contributed by atoms with E-state index in [9.17, 15) is 0 Å². The van der Waals surface area contributed by atoms with Crippen molar-refractivity contribution in [2.75, 3.05) is 43.1 Å². The molecule has 25 heavy (non-hydrogen) atoms. The average molecular weight is 381 g/mol. The van der Waals surface area contributed by atoms with Crippen LogP contribution in [0.3, 0.4) is 0 Å². The standard InChI is InChI=1S/C17H22Cl2N6/c1-24-7-5-12(6-8-24)25(2)17-15(20)16(21-10-22-17)23-14-4-3-11(18)9-13(14)19/h3-4,9-10,12H,5-8,20H2,1-2H3,(H,21,22,23). The van der Waals surface area contributed by atoms with Crippen LogP contribution in [0.15, 0.2) is 24.5 Å². The first-order valence-corrected chi connectivity index (χ1v) is 8.95. The van der Waals surface area contributed by atoms with Crippen molar-refractivity contribution in [3.63, 3.8) is 0 Å². The fraction of sp³-hybridized carbons (Fsp3) is 0.412. The smallest absolute Gasteiger partial charge is 0.159 e. The molecule has 1 aromatic carbocycles. The molecule has 134 valence electrons. The molecule has 3 N–H and O–H groups in total. The molecule has 1 fully saturated rings. The molecule has 3 rings (SSSR count). The molecule has 6 nitrogen and oxygen atoms in total. The summed E-state index contributed by atoms with van der Waals surface area (Å²) in [6.07, 6.45) is 3.69. The Labute approximate surface area is 157 Å². The van der Waals surface area contributed by atoms with Gasteiger partial charge in [-0.1, -0.05) is 23.2 Å². The van der Waals surface area contributed by atoms with Crippen molar-refractivity contribution in [3.05, 3.63) is 34.6 Å². The fourth-order valence-electron chi connectivity index (χ4n) is 3.04. The Morgan fingerprint density at radius 1 is 1.24 bits per heavy atom. The summed E-state index contributed by atoms with van der Waals surface area (Å²) in [5.41, 5.74) is 7.54. The summed E-state index contributed by atoms with van der Waals surface area (Å²) >= 11 is 12.2. The van der Waals surface area contributed by atoms with Crippen LogP contribution < -0.4 is 16.0 Å². The molecule has 0 saturated carbocycles. The number of nitrogens with two attached hydrogens (primary N) is 1. The number of halogens is 2. The molecule has 0 spiro atoms. The molecule has 2 heterocycles. The predicted octanol–water partition coefficient (Wildman–Crippen LogP) is 3.64. The lowest BCUT2D eigenvalue weighted by molar-refractivity contribution is 0.252.